The van der Waals surface area contributed by atoms with E-state index in [1.807, 2.05) is 13.0 Å². The maximum Gasteiger partial charge on any atom is 0.269 e. The molecule has 3 aromatic rings. The Labute approximate surface area is 200 Å². The highest BCUT2D eigenvalue weighted by Gasteiger charge is 2.18. The number of nitriles is 1. The van der Waals surface area contributed by atoms with E-state index in [0.29, 0.717) is 31.1 Å². The number of halogens is 1. The molecule has 0 saturated carbocycles. The number of hydrogen-bond donors (Lipinski definition) is 1. The second-order valence-corrected chi connectivity index (χ2v) is 8.14. The number of amides is 1. The van der Waals surface area contributed by atoms with Crippen LogP contribution in [0.4, 0.5) is 10.1 Å². The quantitative estimate of drug-likeness (QED) is 0.475. The minimum Gasteiger partial charge on any atom is -0.492 e. The van der Waals surface area contributed by atoms with Gasteiger partial charge in [0.2, 0.25) is 0 Å². The molecular formula is C25H24FN3O4S. The molecule has 0 aliphatic carbocycles. The molecule has 0 fully saturated rings. The van der Waals surface area contributed by atoms with Crippen LogP contribution in [0.25, 0.3) is 11.6 Å². The predicted molar refractivity (Wildman–Crippen MR) is 130 cm³/mol. The van der Waals surface area contributed by atoms with Gasteiger partial charge >= 0.3 is 0 Å². The Morgan fingerprint density at radius 3 is 2.68 bits per heavy atom. The summed E-state index contributed by atoms with van der Waals surface area (Å²) in [5.41, 5.74) is 0.0174. The van der Waals surface area contributed by atoms with Crippen molar-refractivity contribution < 1.29 is 18.7 Å². The van der Waals surface area contributed by atoms with Crippen LogP contribution in [0, 0.1) is 17.1 Å². The molecule has 3 rings (SSSR count). The van der Waals surface area contributed by atoms with Gasteiger partial charge in [0.05, 0.1) is 16.8 Å². The van der Waals surface area contributed by atoms with E-state index in [1.165, 1.54) is 16.7 Å². The molecule has 2 aromatic carbocycles. The fraction of sp³-hybridized carbons (Fsp3) is 0.240. The van der Waals surface area contributed by atoms with Crippen molar-refractivity contribution in [2.75, 3.05) is 25.6 Å². The van der Waals surface area contributed by atoms with Crippen LogP contribution in [0.1, 0.15) is 18.9 Å². The smallest absolute Gasteiger partial charge is 0.269 e. The summed E-state index contributed by atoms with van der Waals surface area (Å²) in [6.07, 6.45) is 1.92. The maximum atomic E-state index is 14.2. The Morgan fingerprint density at radius 1 is 1.24 bits per heavy atom. The highest BCUT2D eigenvalue weighted by Crippen LogP contribution is 2.24. The lowest BCUT2D eigenvalue weighted by molar-refractivity contribution is -0.111. The number of rotatable bonds is 9. The zero-order chi connectivity index (χ0) is 24.5. The van der Waals surface area contributed by atoms with Gasteiger partial charge in [-0.25, -0.2) is 4.39 Å². The number of nitrogens with zero attached hydrogens (tertiary/aromatic N) is 2. The average molecular weight is 482 g/mol. The van der Waals surface area contributed by atoms with Gasteiger partial charge in [0.15, 0.2) is 5.57 Å². The van der Waals surface area contributed by atoms with E-state index in [2.05, 4.69) is 5.32 Å². The molecule has 0 saturated heterocycles. The highest BCUT2D eigenvalue weighted by molar-refractivity contribution is 7.07. The summed E-state index contributed by atoms with van der Waals surface area (Å²) in [5, 5.41) is 12.5. The van der Waals surface area contributed by atoms with Crippen molar-refractivity contribution in [1.82, 2.24) is 4.57 Å². The Balaban J connectivity index is 2.15. The third kappa shape index (κ3) is 5.78. The largest absolute Gasteiger partial charge is 0.492 e. The maximum absolute atomic E-state index is 14.2. The van der Waals surface area contributed by atoms with Gasteiger partial charge in [-0.15, -0.1) is 11.3 Å². The number of benzene rings is 2. The molecule has 9 heteroatoms. The van der Waals surface area contributed by atoms with E-state index in [0.717, 1.165) is 11.3 Å². The fourth-order valence-electron chi connectivity index (χ4n) is 3.24. The van der Waals surface area contributed by atoms with E-state index in [-0.39, 0.29) is 26.9 Å². The highest BCUT2D eigenvalue weighted by atomic mass is 32.1. The zero-order valence-corrected chi connectivity index (χ0v) is 19.7. The minimum atomic E-state index is -0.672. The third-order valence-electron chi connectivity index (χ3n) is 4.82. The van der Waals surface area contributed by atoms with E-state index in [9.17, 15) is 19.2 Å². The molecule has 7 nitrogen and oxygen atoms in total. The lowest BCUT2D eigenvalue weighted by atomic mass is 10.2. The van der Waals surface area contributed by atoms with Gasteiger partial charge in [-0.05, 0) is 37.6 Å². The van der Waals surface area contributed by atoms with Crippen molar-refractivity contribution in [1.29, 1.82) is 5.26 Å². The van der Waals surface area contributed by atoms with Crippen LogP contribution in [0.2, 0.25) is 0 Å². The van der Waals surface area contributed by atoms with Crippen molar-refractivity contribution in [3.63, 3.8) is 0 Å². The average Bonchev–Trinajstić information content (AvgIpc) is 3.12. The second kappa shape index (κ2) is 11.9. The summed E-state index contributed by atoms with van der Waals surface area (Å²) >= 11 is 0.970. The summed E-state index contributed by atoms with van der Waals surface area (Å²) in [5.74, 6) is -0.681. The molecule has 0 spiro atoms. The van der Waals surface area contributed by atoms with Crippen molar-refractivity contribution in [2.24, 2.45) is 0 Å². The fourth-order valence-corrected chi connectivity index (χ4v) is 4.36. The first-order valence-electron chi connectivity index (χ1n) is 10.6. The van der Waals surface area contributed by atoms with Crippen LogP contribution < -0.4 is 24.8 Å². The van der Waals surface area contributed by atoms with Crippen LogP contribution in [-0.2, 0) is 16.1 Å². The number of hydrogen-bond acceptors (Lipinski definition) is 6. The second-order valence-electron chi connectivity index (χ2n) is 7.11. The number of nitrogens with one attached hydrogen (secondary N) is 1. The zero-order valence-electron chi connectivity index (χ0n) is 18.8. The normalized spacial score (nSPS) is 12.2. The number of carbonyl (C=O) groups is 1. The molecule has 1 heterocycles. The Kier molecular flexibility index (Phi) is 8.73. The topological polar surface area (TPSA) is 93.4 Å². The van der Waals surface area contributed by atoms with E-state index in [4.69, 9.17) is 9.47 Å². The molecule has 0 atom stereocenters. The standard InChI is InChI=1S/C25H24FN3O4S/c1-3-33-21-12-7-6-11-20(21)28-23(30)18(16-27)25-29(13-8-14-32-2)24(31)22(34-25)15-17-9-4-5-10-19(17)26/h4-7,9-12,15H,3,8,13-14H2,1-2H3,(H,28,30)/b22-15-,25-18-. The van der Waals surface area contributed by atoms with Crippen LogP contribution in [-0.4, -0.2) is 30.8 Å². The van der Waals surface area contributed by atoms with Crippen molar-refractivity contribution in [2.45, 2.75) is 19.9 Å². The van der Waals surface area contributed by atoms with Crippen LogP contribution >= 0.6 is 11.3 Å². The lowest BCUT2D eigenvalue weighted by Gasteiger charge is -2.11. The third-order valence-corrected chi connectivity index (χ3v) is 5.95. The van der Waals surface area contributed by atoms with Gasteiger partial charge in [-0.3, -0.25) is 14.2 Å². The van der Waals surface area contributed by atoms with E-state index in [1.54, 1.807) is 49.6 Å². The number of thiazole rings is 1. The van der Waals surface area contributed by atoms with Gasteiger partial charge < -0.3 is 14.8 Å². The van der Waals surface area contributed by atoms with Gasteiger partial charge in [-0.2, -0.15) is 5.26 Å². The first-order chi connectivity index (χ1) is 16.5. The summed E-state index contributed by atoms with van der Waals surface area (Å²) in [4.78, 5) is 26.2. The summed E-state index contributed by atoms with van der Waals surface area (Å²) in [6, 6.07) is 14.9. The molecule has 1 amide bonds. The monoisotopic (exact) mass is 481 g/mol. The molecule has 0 bridgehead atoms. The Bertz CT molecular complexity index is 1390. The first-order valence-corrected chi connectivity index (χ1v) is 11.4. The number of carbonyl (C=O) groups excluding carboxylic acids is 1. The minimum absolute atomic E-state index is 0.192. The van der Waals surface area contributed by atoms with Crippen molar-refractivity contribution in [3.8, 4) is 11.8 Å². The molecule has 0 aliphatic heterocycles. The van der Waals surface area contributed by atoms with E-state index < -0.39 is 17.3 Å². The van der Waals surface area contributed by atoms with Gasteiger partial charge in [0.1, 0.15) is 22.3 Å². The van der Waals surface area contributed by atoms with Crippen molar-refractivity contribution >= 4 is 34.6 Å². The number of methoxy groups -OCH3 is 1. The Hall–Kier alpha value is -3.74. The van der Waals surface area contributed by atoms with Gasteiger partial charge in [0.25, 0.3) is 11.5 Å². The number of anilines is 1. The van der Waals surface area contributed by atoms with E-state index >= 15 is 0 Å². The molecule has 1 N–H and O–H groups in total. The van der Waals surface area contributed by atoms with Crippen LogP contribution in [0.3, 0.4) is 0 Å². The summed E-state index contributed by atoms with van der Waals surface area (Å²) in [6.45, 7) is 2.85. The molecule has 0 aliphatic rings. The van der Waals surface area contributed by atoms with Crippen LogP contribution in [0.15, 0.2) is 53.3 Å². The lowest BCUT2D eigenvalue weighted by Crippen LogP contribution is -2.34. The SMILES string of the molecule is CCOc1ccccc1NC(=O)/C(C#N)=c1\s/c(=C\c2ccccc2F)c(=O)n1CCCOC. The summed E-state index contributed by atoms with van der Waals surface area (Å²) < 4.78 is 26.6. The van der Waals surface area contributed by atoms with Crippen molar-refractivity contribution in [3.05, 3.63) is 79.5 Å². The molecule has 0 radical (unpaired) electrons. The molecule has 0 unspecified atom stereocenters. The predicted octanol–water partition coefficient (Wildman–Crippen LogP) is 2.63. The molecule has 34 heavy (non-hydrogen) atoms. The molecular weight excluding hydrogens is 457 g/mol. The molecule has 176 valence electrons. The first kappa shape index (κ1) is 24.9. The van der Waals surface area contributed by atoms with Gasteiger partial charge in [0, 0.05) is 25.8 Å². The number of para-hydroxylation sites is 2. The van der Waals surface area contributed by atoms with Crippen LogP contribution in [0.5, 0.6) is 5.75 Å². The molecule has 1 aromatic heterocycles. The number of ether oxygens (including phenoxy) is 2. The summed E-state index contributed by atoms with van der Waals surface area (Å²) in [7, 11) is 1.55. The Morgan fingerprint density at radius 2 is 1.97 bits per heavy atom. The van der Waals surface area contributed by atoms with Gasteiger partial charge in [-0.1, -0.05) is 30.3 Å². The number of aromatic nitrogens is 1.